The predicted octanol–water partition coefficient (Wildman–Crippen LogP) is 4.19. The second-order valence-corrected chi connectivity index (χ2v) is 6.01. The molecule has 0 unspecified atom stereocenters. The fourth-order valence-corrected chi connectivity index (χ4v) is 2.91. The molecule has 0 aliphatic carbocycles. The Morgan fingerprint density at radius 3 is 2.81 bits per heavy atom. The van der Waals surface area contributed by atoms with Crippen molar-refractivity contribution in [1.82, 2.24) is 10.1 Å². The minimum atomic E-state index is -0.348. The van der Waals surface area contributed by atoms with Gasteiger partial charge in [-0.1, -0.05) is 35.5 Å². The number of rotatable bonds is 5. The highest BCUT2D eigenvalue weighted by atomic mass is 16.5. The van der Waals surface area contributed by atoms with Gasteiger partial charge in [-0.3, -0.25) is 4.79 Å². The van der Waals surface area contributed by atoms with E-state index in [1.54, 1.807) is 26.2 Å². The average molecular weight is 363 g/mol. The smallest absolute Gasteiger partial charge is 0.291 e. The highest BCUT2D eigenvalue weighted by Crippen LogP contribution is 2.28. The van der Waals surface area contributed by atoms with E-state index >= 15 is 0 Å². The Morgan fingerprint density at radius 2 is 2.04 bits per heavy atom. The zero-order chi connectivity index (χ0) is 18.8. The molecule has 2 aromatic carbocycles. The van der Waals surface area contributed by atoms with Crippen molar-refractivity contribution >= 4 is 22.6 Å². The van der Waals surface area contributed by atoms with Gasteiger partial charge in [0, 0.05) is 36.2 Å². The SMILES string of the molecule is COCc1c(C(=O)Nc2cccc(-c3noc(C)n3)c2)oc2ccccc12. The third-order valence-electron chi connectivity index (χ3n) is 4.10. The molecule has 27 heavy (non-hydrogen) atoms. The van der Waals surface area contributed by atoms with E-state index in [2.05, 4.69) is 15.5 Å². The number of furan rings is 1. The second-order valence-electron chi connectivity index (χ2n) is 6.01. The van der Waals surface area contributed by atoms with Crippen LogP contribution in [0.4, 0.5) is 5.69 Å². The van der Waals surface area contributed by atoms with E-state index in [1.807, 2.05) is 36.4 Å². The van der Waals surface area contributed by atoms with Gasteiger partial charge >= 0.3 is 0 Å². The van der Waals surface area contributed by atoms with Gasteiger partial charge in [-0.15, -0.1) is 0 Å². The molecule has 2 heterocycles. The number of anilines is 1. The van der Waals surface area contributed by atoms with Gasteiger partial charge in [0.1, 0.15) is 5.58 Å². The first-order valence-electron chi connectivity index (χ1n) is 8.37. The van der Waals surface area contributed by atoms with Crippen molar-refractivity contribution in [2.45, 2.75) is 13.5 Å². The zero-order valence-electron chi connectivity index (χ0n) is 14.9. The van der Waals surface area contributed by atoms with Crippen LogP contribution in [0.15, 0.2) is 57.5 Å². The van der Waals surface area contributed by atoms with Crippen LogP contribution in [-0.4, -0.2) is 23.2 Å². The van der Waals surface area contributed by atoms with Crippen LogP contribution in [0, 0.1) is 6.92 Å². The van der Waals surface area contributed by atoms with Crippen molar-refractivity contribution in [3.63, 3.8) is 0 Å². The van der Waals surface area contributed by atoms with Gasteiger partial charge < -0.3 is 19.0 Å². The lowest BCUT2D eigenvalue weighted by Crippen LogP contribution is -2.13. The summed E-state index contributed by atoms with van der Waals surface area (Å²) >= 11 is 0. The molecule has 0 saturated heterocycles. The minimum absolute atomic E-state index is 0.235. The lowest BCUT2D eigenvalue weighted by Gasteiger charge is -2.06. The molecular formula is C20H17N3O4. The fourth-order valence-electron chi connectivity index (χ4n) is 2.91. The van der Waals surface area contributed by atoms with Gasteiger partial charge in [0.25, 0.3) is 5.91 Å². The number of methoxy groups -OCH3 is 1. The summed E-state index contributed by atoms with van der Waals surface area (Å²) in [6.45, 7) is 2.00. The van der Waals surface area contributed by atoms with Crippen molar-refractivity contribution in [3.05, 3.63) is 65.7 Å². The number of hydrogen-bond donors (Lipinski definition) is 1. The normalized spacial score (nSPS) is 11.0. The van der Waals surface area contributed by atoms with Crippen LogP contribution < -0.4 is 5.32 Å². The van der Waals surface area contributed by atoms with E-state index in [4.69, 9.17) is 13.7 Å². The van der Waals surface area contributed by atoms with Crippen molar-refractivity contribution in [2.75, 3.05) is 12.4 Å². The summed E-state index contributed by atoms with van der Waals surface area (Å²) in [4.78, 5) is 17.0. The van der Waals surface area contributed by atoms with E-state index in [0.29, 0.717) is 23.0 Å². The number of benzene rings is 2. The van der Waals surface area contributed by atoms with Crippen LogP contribution in [-0.2, 0) is 11.3 Å². The molecule has 1 N–H and O–H groups in total. The third-order valence-corrected chi connectivity index (χ3v) is 4.10. The fraction of sp³-hybridized carbons (Fsp3) is 0.150. The number of para-hydroxylation sites is 1. The Hall–Kier alpha value is -3.45. The van der Waals surface area contributed by atoms with Crippen LogP contribution in [0.1, 0.15) is 22.0 Å². The summed E-state index contributed by atoms with van der Waals surface area (Å²) < 4.78 is 16.0. The number of nitrogens with zero attached hydrogens (tertiary/aromatic N) is 2. The van der Waals surface area contributed by atoms with Crippen molar-refractivity contribution in [2.24, 2.45) is 0 Å². The predicted molar refractivity (Wildman–Crippen MR) is 99.4 cm³/mol. The van der Waals surface area contributed by atoms with Gasteiger partial charge in [-0.25, -0.2) is 0 Å². The average Bonchev–Trinajstić information content (AvgIpc) is 3.27. The molecule has 0 aliphatic rings. The molecule has 0 fully saturated rings. The Labute approximate surface area is 154 Å². The lowest BCUT2D eigenvalue weighted by atomic mass is 10.1. The highest BCUT2D eigenvalue weighted by molar-refractivity contribution is 6.06. The number of amides is 1. The summed E-state index contributed by atoms with van der Waals surface area (Å²) in [6, 6.07) is 14.7. The number of carbonyl (C=O) groups is 1. The maximum absolute atomic E-state index is 12.8. The lowest BCUT2D eigenvalue weighted by molar-refractivity contribution is 0.0992. The van der Waals surface area contributed by atoms with Crippen LogP contribution in [0.3, 0.4) is 0 Å². The van der Waals surface area contributed by atoms with Gasteiger partial charge in [0.05, 0.1) is 6.61 Å². The number of ether oxygens (including phenoxy) is 1. The molecule has 0 atom stereocenters. The number of hydrogen-bond acceptors (Lipinski definition) is 6. The molecule has 136 valence electrons. The molecule has 0 aliphatic heterocycles. The number of nitrogens with one attached hydrogen (secondary N) is 1. The van der Waals surface area contributed by atoms with Gasteiger partial charge in [0.2, 0.25) is 11.7 Å². The number of fused-ring (bicyclic) bond motifs is 1. The largest absolute Gasteiger partial charge is 0.451 e. The second kappa shape index (κ2) is 7.05. The number of aryl methyl sites for hydroxylation is 1. The molecule has 0 spiro atoms. The molecule has 1 amide bonds. The Morgan fingerprint density at radius 1 is 1.19 bits per heavy atom. The molecule has 0 bridgehead atoms. The van der Waals surface area contributed by atoms with Crippen molar-refractivity contribution < 1.29 is 18.5 Å². The van der Waals surface area contributed by atoms with E-state index in [0.717, 1.165) is 16.5 Å². The topological polar surface area (TPSA) is 90.4 Å². The van der Waals surface area contributed by atoms with E-state index in [9.17, 15) is 4.79 Å². The summed E-state index contributed by atoms with van der Waals surface area (Å²) in [7, 11) is 1.58. The van der Waals surface area contributed by atoms with Crippen molar-refractivity contribution in [3.8, 4) is 11.4 Å². The van der Waals surface area contributed by atoms with Crippen LogP contribution >= 0.6 is 0 Å². The van der Waals surface area contributed by atoms with E-state index < -0.39 is 0 Å². The van der Waals surface area contributed by atoms with Crippen LogP contribution in [0.25, 0.3) is 22.4 Å². The monoisotopic (exact) mass is 363 g/mol. The van der Waals surface area contributed by atoms with Gasteiger partial charge in [-0.2, -0.15) is 4.98 Å². The molecule has 0 radical (unpaired) electrons. The molecule has 7 nitrogen and oxygen atoms in total. The molecule has 4 rings (SSSR count). The first kappa shape index (κ1) is 17.0. The quantitative estimate of drug-likeness (QED) is 0.572. The first-order valence-corrected chi connectivity index (χ1v) is 8.37. The molecule has 2 aromatic heterocycles. The third kappa shape index (κ3) is 3.32. The Bertz CT molecular complexity index is 1110. The summed E-state index contributed by atoms with van der Waals surface area (Å²) in [5.74, 6) is 0.830. The van der Waals surface area contributed by atoms with Crippen LogP contribution in [0.5, 0.6) is 0 Å². The molecule has 0 saturated carbocycles. The van der Waals surface area contributed by atoms with Gasteiger partial charge in [0.15, 0.2) is 5.76 Å². The maximum Gasteiger partial charge on any atom is 0.291 e. The van der Waals surface area contributed by atoms with Crippen molar-refractivity contribution in [1.29, 1.82) is 0 Å². The molecule has 4 aromatic rings. The number of carbonyl (C=O) groups excluding carboxylic acids is 1. The zero-order valence-corrected chi connectivity index (χ0v) is 14.9. The Kier molecular flexibility index (Phi) is 4.43. The minimum Gasteiger partial charge on any atom is -0.451 e. The summed E-state index contributed by atoms with van der Waals surface area (Å²) in [5.41, 5.74) is 2.71. The van der Waals surface area contributed by atoms with Crippen LogP contribution in [0.2, 0.25) is 0 Å². The summed E-state index contributed by atoms with van der Waals surface area (Å²) in [6.07, 6.45) is 0. The maximum atomic E-state index is 12.8. The Balaban J connectivity index is 1.65. The first-order chi connectivity index (χ1) is 13.2. The van der Waals surface area contributed by atoms with E-state index in [1.165, 1.54) is 0 Å². The van der Waals surface area contributed by atoms with Gasteiger partial charge in [-0.05, 0) is 18.2 Å². The standard InChI is InChI=1S/C20H17N3O4/c1-12-21-19(23-27-12)13-6-5-7-14(10-13)22-20(24)18-16(11-25-2)15-8-3-4-9-17(15)26-18/h3-10H,11H2,1-2H3,(H,22,24). The molecule has 7 heteroatoms. The molecular weight excluding hydrogens is 346 g/mol. The number of aromatic nitrogens is 2. The summed E-state index contributed by atoms with van der Waals surface area (Å²) in [5, 5.41) is 7.62. The van der Waals surface area contributed by atoms with E-state index in [-0.39, 0.29) is 18.3 Å². The highest BCUT2D eigenvalue weighted by Gasteiger charge is 2.20.